The molecule has 2 heterocycles. The Hall–Kier alpha value is -1.73. The van der Waals surface area contributed by atoms with Gasteiger partial charge in [-0.3, -0.25) is 9.59 Å². The van der Waals surface area contributed by atoms with Gasteiger partial charge in [-0.25, -0.2) is 4.98 Å². The predicted molar refractivity (Wildman–Crippen MR) is 98.8 cm³/mol. The van der Waals surface area contributed by atoms with Gasteiger partial charge in [0.2, 0.25) is 5.91 Å². The fraction of sp³-hybridized carbons (Fsp3) is 0.611. The van der Waals surface area contributed by atoms with Gasteiger partial charge in [0.05, 0.1) is 16.2 Å². The molecule has 0 spiro atoms. The van der Waals surface area contributed by atoms with E-state index in [-0.39, 0.29) is 11.8 Å². The van der Waals surface area contributed by atoms with Crippen LogP contribution in [-0.2, 0) is 16.0 Å². The molecule has 0 saturated carbocycles. The zero-order chi connectivity index (χ0) is 18.4. The van der Waals surface area contributed by atoms with Crippen molar-refractivity contribution in [2.45, 2.75) is 45.6 Å². The molecule has 0 aromatic carbocycles. The number of carbonyl (C=O) groups is 2. The van der Waals surface area contributed by atoms with Gasteiger partial charge in [-0.1, -0.05) is 20.4 Å². The van der Waals surface area contributed by atoms with Crippen LogP contribution >= 0.6 is 11.3 Å². The summed E-state index contributed by atoms with van der Waals surface area (Å²) in [5, 5.41) is 6.86. The maximum atomic E-state index is 12.7. The molecule has 1 aliphatic rings. The zero-order valence-electron chi connectivity index (χ0n) is 15.2. The molecule has 138 valence electrons. The smallest absolute Gasteiger partial charge is 0.263 e. The van der Waals surface area contributed by atoms with Crippen LogP contribution in [0, 0.1) is 12.8 Å². The average Bonchev–Trinajstić information content (AvgIpc) is 2.93. The van der Waals surface area contributed by atoms with E-state index in [0.29, 0.717) is 43.4 Å². The highest BCUT2D eigenvalue weighted by molar-refractivity contribution is 7.13. The largest absolute Gasteiger partial charge is 0.381 e. The van der Waals surface area contributed by atoms with E-state index in [2.05, 4.69) is 36.0 Å². The first-order chi connectivity index (χ1) is 11.8. The van der Waals surface area contributed by atoms with E-state index in [1.165, 1.54) is 17.4 Å². The number of nitrogens with zero attached hydrogens (tertiary/aromatic N) is 1. The number of hydrogen-bond acceptors (Lipinski definition) is 5. The lowest BCUT2D eigenvalue weighted by molar-refractivity contribution is -0.119. The second kappa shape index (κ2) is 8.58. The molecule has 0 bridgehead atoms. The van der Waals surface area contributed by atoms with Gasteiger partial charge in [0.15, 0.2) is 0 Å². The zero-order valence-corrected chi connectivity index (χ0v) is 16.0. The molecule has 1 aromatic heterocycles. The van der Waals surface area contributed by atoms with E-state index in [0.717, 1.165) is 17.1 Å². The van der Waals surface area contributed by atoms with E-state index < -0.39 is 5.54 Å². The summed E-state index contributed by atoms with van der Waals surface area (Å²) in [5.74, 6) is 0.0759. The lowest BCUT2D eigenvalue weighted by Crippen LogP contribution is -2.58. The Morgan fingerprint density at radius 1 is 1.40 bits per heavy atom. The van der Waals surface area contributed by atoms with E-state index in [1.54, 1.807) is 0 Å². The van der Waals surface area contributed by atoms with Crippen LogP contribution in [0.3, 0.4) is 0 Å². The number of amides is 2. The minimum atomic E-state index is -0.489. The monoisotopic (exact) mass is 365 g/mol. The van der Waals surface area contributed by atoms with E-state index in [9.17, 15) is 9.59 Å². The molecule has 2 N–H and O–H groups in total. The minimum absolute atomic E-state index is 0.125. The molecule has 2 rings (SSSR count). The molecule has 2 amide bonds. The summed E-state index contributed by atoms with van der Waals surface area (Å²) in [6.45, 7) is 11.1. The van der Waals surface area contributed by atoms with Crippen LogP contribution in [0.1, 0.15) is 47.1 Å². The fourth-order valence-corrected chi connectivity index (χ4v) is 3.79. The molecule has 0 atom stereocenters. The first kappa shape index (κ1) is 19.6. The van der Waals surface area contributed by atoms with Crippen molar-refractivity contribution in [3.05, 3.63) is 28.2 Å². The summed E-state index contributed by atoms with van der Waals surface area (Å²) in [6, 6.07) is 0. The highest BCUT2D eigenvalue weighted by atomic mass is 32.1. The van der Waals surface area contributed by atoms with Crippen molar-refractivity contribution in [3.63, 3.8) is 0 Å². The molecule has 1 saturated heterocycles. The van der Waals surface area contributed by atoms with Crippen LogP contribution in [0.4, 0.5) is 0 Å². The Kier molecular flexibility index (Phi) is 6.72. The van der Waals surface area contributed by atoms with Crippen molar-refractivity contribution in [2.24, 2.45) is 5.92 Å². The fourth-order valence-electron chi connectivity index (χ4n) is 2.92. The van der Waals surface area contributed by atoms with Crippen molar-refractivity contribution in [3.8, 4) is 0 Å². The SMILES string of the molecule is C=CC(=O)NC1(CNC(=O)c2sc(C)nc2CC(C)C)CCOCC1. The van der Waals surface area contributed by atoms with Crippen molar-refractivity contribution >= 4 is 23.2 Å². The summed E-state index contributed by atoms with van der Waals surface area (Å²) in [5.41, 5.74) is 0.364. The quantitative estimate of drug-likeness (QED) is 0.726. The molecule has 0 aliphatic carbocycles. The number of ether oxygens (including phenoxy) is 1. The van der Waals surface area contributed by atoms with Gasteiger partial charge in [-0.2, -0.15) is 0 Å². The van der Waals surface area contributed by atoms with Gasteiger partial charge in [0, 0.05) is 19.8 Å². The highest BCUT2D eigenvalue weighted by Gasteiger charge is 2.34. The lowest BCUT2D eigenvalue weighted by Gasteiger charge is -2.37. The number of aryl methyl sites for hydroxylation is 1. The van der Waals surface area contributed by atoms with Crippen LogP contribution in [0.2, 0.25) is 0 Å². The number of nitrogens with one attached hydrogen (secondary N) is 2. The maximum absolute atomic E-state index is 12.7. The number of hydrogen-bond donors (Lipinski definition) is 2. The number of thiazole rings is 1. The Labute approximate surface area is 153 Å². The van der Waals surface area contributed by atoms with Crippen molar-refractivity contribution < 1.29 is 14.3 Å². The van der Waals surface area contributed by atoms with E-state index in [4.69, 9.17) is 4.74 Å². The van der Waals surface area contributed by atoms with Gasteiger partial charge >= 0.3 is 0 Å². The summed E-state index contributed by atoms with van der Waals surface area (Å²) in [7, 11) is 0. The number of aromatic nitrogens is 1. The highest BCUT2D eigenvalue weighted by Crippen LogP contribution is 2.23. The molecular formula is C18H27N3O3S. The molecule has 0 radical (unpaired) electrons. The van der Waals surface area contributed by atoms with Crippen LogP contribution in [0.5, 0.6) is 0 Å². The minimum Gasteiger partial charge on any atom is -0.381 e. The molecule has 1 aromatic rings. The third-order valence-corrected chi connectivity index (χ3v) is 5.23. The Balaban J connectivity index is 2.08. The topological polar surface area (TPSA) is 80.3 Å². The Morgan fingerprint density at radius 3 is 2.68 bits per heavy atom. The second-order valence-corrected chi connectivity index (χ2v) is 8.08. The molecular weight excluding hydrogens is 338 g/mol. The molecule has 0 unspecified atom stereocenters. The lowest BCUT2D eigenvalue weighted by atomic mass is 9.89. The predicted octanol–water partition coefficient (Wildman–Crippen LogP) is 2.23. The standard InChI is InChI=1S/C18H27N3O3S/c1-5-15(22)21-18(6-8-24-9-7-18)11-19-17(23)16-14(10-12(2)3)20-13(4)25-16/h5,12H,1,6-11H2,2-4H3,(H,19,23)(H,21,22). The summed E-state index contributed by atoms with van der Waals surface area (Å²) in [4.78, 5) is 29.7. The van der Waals surface area contributed by atoms with Crippen LogP contribution in [0.15, 0.2) is 12.7 Å². The van der Waals surface area contributed by atoms with Gasteiger partial charge < -0.3 is 15.4 Å². The Bertz CT molecular complexity index is 634. The molecule has 6 nitrogen and oxygen atoms in total. The van der Waals surface area contributed by atoms with E-state index >= 15 is 0 Å². The number of rotatable bonds is 7. The third-order valence-electron chi connectivity index (χ3n) is 4.22. The summed E-state index contributed by atoms with van der Waals surface area (Å²) in [6.07, 6.45) is 3.35. The van der Waals surface area contributed by atoms with E-state index in [1.807, 2.05) is 6.92 Å². The first-order valence-electron chi connectivity index (χ1n) is 8.62. The summed E-state index contributed by atoms with van der Waals surface area (Å²) >= 11 is 1.42. The second-order valence-electron chi connectivity index (χ2n) is 6.88. The average molecular weight is 365 g/mol. The van der Waals surface area contributed by atoms with Crippen LogP contribution < -0.4 is 10.6 Å². The van der Waals surface area contributed by atoms with Gasteiger partial charge in [0.1, 0.15) is 4.88 Å². The van der Waals surface area contributed by atoms with Crippen molar-refractivity contribution in [1.29, 1.82) is 0 Å². The first-order valence-corrected chi connectivity index (χ1v) is 9.44. The van der Waals surface area contributed by atoms with Crippen LogP contribution in [-0.4, -0.2) is 42.1 Å². The van der Waals surface area contributed by atoms with Crippen molar-refractivity contribution in [1.82, 2.24) is 15.6 Å². The van der Waals surface area contributed by atoms with Gasteiger partial charge in [-0.05, 0) is 38.2 Å². The number of carbonyl (C=O) groups excluding carboxylic acids is 2. The normalized spacial score (nSPS) is 16.5. The Morgan fingerprint density at radius 2 is 2.08 bits per heavy atom. The third kappa shape index (κ3) is 5.37. The summed E-state index contributed by atoms with van der Waals surface area (Å²) < 4.78 is 5.40. The van der Waals surface area contributed by atoms with Crippen molar-refractivity contribution in [2.75, 3.05) is 19.8 Å². The molecule has 1 aliphatic heterocycles. The van der Waals surface area contributed by atoms with Gasteiger partial charge in [-0.15, -0.1) is 11.3 Å². The molecule has 7 heteroatoms. The maximum Gasteiger partial charge on any atom is 0.263 e. The van der Waals surface area contributed by atoms with Gasteiger partial charge in [0.25, 0.3) is 5.91 Å². The van der Waals surface area contributed by atoms with Crippen LogP contribution in [0.25, 0.3) is 0 Å². The molecule has 1 fully saturated rings. The molecule has 25 heavy (non-hydrogen) atoms.